The maximum Gasteiger partial charge on any atom is 0.421 e. The van der Waals surface area contributed by atoms with Crippen molar-refractivity contribution in [3.8, 4) is 40.2 Å². The number of piperazine rings is 1. The highest BCUT2D eigenvalue weighted by atomic mass is 35.5. The van der Waals surface area contributed by atoms with Gasteiger partial charge in [-0.3, -0.25) is 14.4 Å². The van der Waals surface area contributed by atoms with E-state index in [0.717, 1.165) is 54.4 Å². The number of nitrogens with one attached hydrogen (secondary N) is 3. The predicted molar refractivity (Wildman–Crippen MR) is 298 cm³/mol. The van der Waals surface area contributed by atoms with Gasteiger partial charge in [0.25, 0.3) is 5.56 Å². The summed E-state index contributed by atoms with van der Waals surface area (Å²) in [6.07, 6.45) is 2.78. The fraction of sp³-hybridized carbons (Fsp3) is 0.268. The van der Waals surface area contributed by atoms with E-state index < -0.39 is 23.5 Å². The minimum absolute atomic E-state index is 0. The van der Waals surface area contributed by atoms with E-state index in [1.807, 2.05) is 36.4 Å². The van der Waals surface area contributed by atoms with Crippen LogP contribution < -0.4 is 35.9 Å². The van der Waals surface area contributed by atoms with Crippen molar-refractivity contribution in [1.29, 1.82) is 5.26 Å². The highest BCUT2D eigenvalue weighted by molar-refractivity contribution is 5.99. The van der Waals surface area contributed by atoms with Gasteiger partial charge in [0.2, 0.25) is 17.8 Å². The summed E-state index contributed by atoms with van der Waals surface area (Å²) in [7, 11) is 3.64. The van der Waals surface area contributed by atoms with E-state index >= 15 is 0 Å². The van der Waals surface area contributed by atoms with Crippen LogP contribution in [0.5, 0.6) is 11.5 Å². The number of nitrogens with zero attached hydrogens (tertiary/aromatic N) is 10. The maximum atomic E-state index is 13.8. The summed E-state index contributed by atoms with van der Waals surface area (Å²) in [5.74, 6) is 1.29. The Morgan fingerprint density at radius 1 is 0.848 bits per heavy atom. The van der Waals surface area contributed by atoms with Crippen molar-refractivity contribution in [2.45, 2.75) is 32.5 Å². The monoisotopic (exact) mass is 1100 g/mol. The number of anilines is 6. The normalized spacial score (nSPS) is 13.5. The van der Waals surface area contributed by atoms with Gasteiger partial charge in [0, 0.05) is 79.6 Å². The molecule has 7 aromatic rings. The van der Waals surface area contributed by atoms with E-state index in [2.05, 4.69) is 70.5 Å². The zero-order valence-electron chi connectivity index (χ0n) is 43.5. The molecule has 2 amide bonds. The van der Waals surface area contributed by atoms with Crippen LogP contribution in [0.15, 0.2) is 139 Å². The Bertz CT molecular complexity index is 3330. The molecule has 0 unspecified atom stereocenters. The first-order valence-electron chi connectivity index (χ1n) is 24.7. The third-order valence-electron chi connectivity index (χ3n) is 12.8. The predicted octanol–water partition coefficient (Wildman–Crippen LogP) is 8.39. The lowest BCUT2D eigenvalue weighted by molar-refractivity contribution is -0.137. The number of nitriles is 1. The van der Waals surface area contributed by atoms with Gasteiger partial charge in [-0.25, -0.2) is 19.6 Å². The lowest BCUT2D eigenvalue weighted by Crippen LogP contribution is -2.48. The van der Waals surface area contributed by atoms with Crippen LogP contribution in [-0.4, -0.2) is 117 Å². The topological polar surface area (TPSA) is 240 Å². The molecule has 9 rings (SSSR count). The molecule has 23 heteroatoms. The van der Waals surface area contributed by atoms with Crippen molar-refractivity contribution in [3.05, 3.63) is 161 Å². The number of ether oxygens (including phenoxy) is 2. The molecule has 2 fully saturated rings. The molecule has 0 aliphatic carbocycles. The highest BCUT2D eigenvalue weighted by Gasteiger charge is 2.35. The molecular weight excluding hydrogens is 1040 g/mol. The smallest absolute Gasteiger partial charge is 0.421 e. The molecule has 0 radical (unpaired) electrons. The highest BCUT2D eigenvalue weighted by Crippen LogP contribution is 2.37. The van der Waals surface area contributed by atoms with Crippen LogP contribution in [0.2, 0.25) is 0 Å². The summed E-state index contributed by atoms with van der Waals surface area (Å²) in [6, 6.07) is 31.8. The molecule has 5 heterocycles. The first kappa shape index (κ1) is 59.3. The van der Waals surface area contributed by atoms with Crippen LogP contribution in [0.1, 0.15) is 36.5 Å². The Labute approximate surface area is 460 Å². The number of hydrogen-bond donors (Lipinski definition) is 3. The van der Waals surface area contributed by atoms with E-state index in [-0.39, 0.29) is 41.0 Å². The van der Waals surface area contributed by atoms with Gasteiger partial charge < -0.3 is 45.6 Å². The van der Waals surface area contributed by atoms with E-state index in [4.69, 9.17) is 9.47 Å². The summed E-state index contributed by atoms with van der Waals surface area (Å²) in [5, 5.41) is 21.9. The minimum atomic E-state index is -4.72. The van der Waals surface area contributed by atoms with Crippen LogP contribution in [0.4, 0.5) is 47.7 Å². The molecule has 0 spiro atoms. The minimum Gasteiger partial charge on any atom is -0.494 e. The molecule has 412 valence electrons. The van der Waals surface area contributed by atoms with E-state index in [1.165, 1.54) is 30.0 Å². The summed E-state index contributed by atoms with van der Waals surface area (Å²) < 4.78 is 54.2. The van der Waals surface area contributed by atoms with Gasteiger partial charge >= 0.3 is 6.18 Å². The Morgan fingerprint density at radius 2 is 1.56 bits per heavy atom. The van der Waals surface area contributed by atoms with Crippen LogP contribution in [0, 0.1) is 17.2 Å². The van der Waals surface area contributed by atoms with Crippen LogP contribution in [0.25, 0.3) is 22.6 Å². The molecule has 0 bridgehead atoms. The number of aromatic nitrogens is 6. The molecule has 4 aromatic carbocycles. The van der Waals surface area contributed by atoms with Crippen LogP contribution in [-0.2, 0) is 22.3 Å². The molecule has 2 saturated heterocycles. The maximum absolute atomic E-state index is 13.8. The summed E-state index contributed by atoms with van der Waals surface area (Å²) in [4.78, 5) is 59.0. The Morgan fingerprint density at radius 3 is 2.25 bits per heavy atom. The average Bonchev–Trinajstić information content (AvgIpc) is 3.44. The van der Waals surface area contributed by atoms with Gasteiger partial charge in [-0.1, -0.05) is 43.0 Å². The van der Waals surface area contributed by atoms with E-state index in [0.29, 0.717) is 91.4 Å². The van der Waals surface area contributed by atoms with E-state index in [1.54, 1.807) is 72.7 Å². The van der Waals surface area contributed by atoms with Crippen molar-refractivity contribution >= 4 is 58.7 Å². The molecule has 0 saturated carbocycles. The first-order valence-corrected chi connectivity index (χ1v) is 24.7. The molecule has 2 aliphatic heterocycles. The van der Waals surface area contributed by atoms with Crippen molar-refractivity contribution in [1.82, 2.24) is 39.5 Å². The summed E-state index contributed by atoms with van der Waals surface area (Å²) in [6.45, 7) is 10.7. The number of amides is 2. The number of piperidine rings is 1. The van der Waals surface area contributed by atoms with Gasteiger partial charge in [-0.15, -0.1) is 12.4 Å². The zero-order chi connectivity index (χ0) is 54.5. The largest absolute Gasteiger partial charge is 0.494 e. The van der Waals surface area contributed by atoms with Crippen molar-refractivity contribution in [2.75, 3.05) is 80.9 Å². The molecule has 2 aliphatic rings. The van der Waals surface area contributed by atoms with Crippen molar-refractivity contribution in [3.63, 3.8) is 0 Å². The lowest BCUT2D eigenvalue weighted by Gasteiger charge is -2.35. The third kappa shape index (κ3) is 16.1. The van der Waals surface area contributed by atoms with Gasteiger partial charge in [-0.05, 0) is 105 Å². The van der Waals surface area contributed by atoms with Crippen molar-refractivity contribution in [2.24, 2.45) is 5.92 Å². The zero-order valence-corrected chi connectivity index (χ0v) is 44.4. The molecule has 0 atom stereocenters. The SMILES string of the molecule is C=CC(=O)Nc1cccc(Nc2nc(Nc3ccc(N4CCN(C(C)=O)CC4)cc3OC)ncc2C(F)(F)F)c1.CN1CCC(COc2cnc(-c3cccc(Cn4nc(-c5cccc(C#N)c5)ccc4=O)c3)nc2)CC1.Cl.O. The van der Waals surface area contributed by atoms with Crippen LogP contribution in [0.3, 0.4) is 0 Å². The number of hydrogen-bond acceptors (Lipinski definition) is 15. The number of rotatable bonds is 15. The molecule has 3 aromatic heterocycles. The number of likely N-dealkylation sites (tertiary alicyclic amines) is 1. The number of alkyl halides is 3. The first-order chi connectivity index (χ1) is 37.1. The number of carbonyl (C=O) groups excluding carboxylic acids is 2. The fourth-order valence-corrected chi connectivity index (χ4v) is 8.56. The van der Waals surface area contributed by atoms with Crippen LogP contribution >= 0.6 is 12.4 Å². The number of benzene rings is 4. The summed E-state index contributed by atoms with van der Waals surface area (Å²) >= 11 is 0. The molecule has 79 heavy (non-hydrogen) atoms. The molecule has 5 N–H and O–H groups in total. The molecule has 19 nitrogen and oxygen atoms in total. The summed E-state index contributed by atoms with van der Waals surface area (Å²) in [5.41, 5.74) is 4.42. The van der Waals surface area contributed by atoms with Gasteiger partial charge in [0.15, 0.2) is 11.6 Å². The molecular formula is C56H59ClF3N13O6. The Kier molecular flexibility index (Phi) is 20.6. The number of halogens is 4. The number of carbonyl (C=O) groups is 2. The second-order valence-electron chi connectivity index (χ2n) is 18.3. The third-order valence-corrected chi connectivity index (χ3v) is 12.8. The second kappa shape index (κ2) is 27.4. The Hall–Kier alpha value is -8.91. The van der Waals surface area contributed by atoms with Crippen molar-refractivity contribution < 1.29 is 37.7 Å². The van der Waals surface area contributed by atoms with Gasteiger partial charge in [0.1, 0.15) is 17.1 Å². The lowest BCUT2D eigenvalue weighted by atomic mass is 9.98. The van der Waals surface area contributed by atoms with E-state index in [9.17, 15) is 32.8 Å². The number of methoxy groups -OCH3 is 1. The van der Waals surface area contributed by atoms with Gasteiger partial charge in [0.05, 0.1) is 55.7 Å². The Balaban J connectivity index is 0.000000249. The fourth-order valence-electron chi connectivity index (χ4n) is 8.56. The van der Waals surface area contributed by atoms with Gasteiger partial charge in [-0.2, -0.15) is 28.5 Å². The quantitative estimate of drug-likeness (QED) is 0.0817. The standard InChI is InChI=1S/C29H28N6O2.C27H28F3N7O3.ClH.H2O/c1-34-12-10-21(11-13-34)20-37-26-17-31-29(32-18-26)25-7-3-5-23(15-25)19-35-28(36)9-8-27(33-35)24-6-2-4-22(14-24)16-30;1-4-24(39)32-18-6-5-7-19(14-18)33-25-21(27(28,29)30)16-31-26(35-25)34-22-9-8-20(15-23(22)40-3)37-12-10-36(11-13-37)17(2)38;;/h2-9,14-15,17-18,21H,10-13,19-20H2,1H3;4-9,14-16H,1,10-13H2,2-3H3,(H,32,39)(H2,31,33,34,35);1H;1H2. The second-order valence-corrected chi connectivity index (χ2v) is 18.3. The average molecular weight is 1100 g/mol.